The van der Waals surface area contributed by atoms with Gasteiger partial charge in [0.25, 0.3) is 5.91 Å². The molecular formula is C16H18N4O. The minimum absolute atomic E-state index is 0.239. The van der Waals surface area contributed by atoms with Crippen LogP contribution in [0.2, 0.25) is 0 Å². The topological polar surface area (TPSA) is 58.1 Å². The molecule has 0 bridgehead atoms. The molecule has 1 amide bonds. The lowest BCUT2D eigenvalue weighted by Crippen LogP contribution is -2.17. The van der Waals surface area contributed by atoms with Gasteiger partial charge in [-0.15, -0.1) is 0 Å². The maximum atomic E-state index is 12.0. The van der Waals surface area contributed by atoms with Crippen molar-refractivity contribution in [2.75, 3.05) is 23.3 Å². The van der Waals surface area contributed by atoms with Crippen LogP contribution < -0.4 is 10.2 Å². The summed E-state index contributed by atoms with van der Waals surface area (Å²) < 4.78 is 0. The van der Waals surface area contributed by atoms with Crippen LogP contribution in [0.1, 0.15) is 29.0 Å². The lowest BCUT2D eigenvalue weighted by molar-refractivity contribution is 0.102. The fraction of sp³-hybridized carbons (Fsp3) is 0.312. The van der Waals surface area contributed by atoms with Crippen LogP contribution in [-0.4, -0.2) is 29.0 Å². The van der Waals surface area contributed by atoms with Gasteiger partial charge >= 0.3 is 0 Å². The fourth-order valence-corrected chi connectivity index (χ4v) is 2.44. The molecule has 1 N–H and O–H groups in total. The maximum Gasteiger partial charge on any atom is 0.275 e. The molecule has 5 nitrogen and oxygen atoms in total. The molecule has 21 heavy (non-hydrogen) atoms. The molecule has 1 saturated heterocycles. The number of carbonyl (C=O) groups is 1. The molecule has 0 radical (unpaired) electrons. The summed E-state index contributed by atoms with van der Waals surface area (Å²) in [7, 11) is 0. The van der Waals surface area contributed by atoms with Crippen molar-refractivity contribution >= 4 is 17.3 Å². The Hall–Kier alpha value is -2.43. The van der Waals surface area contributed by atoms with Crippen LogP contribution in [-0.2, 0) is 0 Å². The standard InChI is InChI=1S/C16H18N4O/c1-12-10-18-15(11-17-12)16(21)19-13-4-6-14(7-5-13)20-8-2-3-9-20/h4-7,10-11H,2-3,8-9H2,1H3,(H,19,21). The van der Waals surface area contributed by atoms with Crippen LogP contribution in [0.3, 0.4) is 0 Å². The number of carbonyl (C=O) groups excluding carboxylic acids is 1. The summed E-state index contributed by atoms with van der Waals surface area (Å²) in [5, 5.41) is 2.84. The number of rotatable bonds is 3. The normalized spacial score (nSPS) is 14.2. The van der Waals surface area contributed by atoms with E-state index in [-0.39, 0.29) is 5.91 Å². The lowest BCUT2D eigenvalue weighted by atomic mass is 10.2. The Morgan fingerprint density at radius 3 is 2.43 bits per heavy atom. The number of amides is 1. The van der Waals surface area contributed by atoms with E-state index in [0.29, 0.717) is 5.69 Å². The van der Waals surface area contributed by atoms with E-state index in [1.807, 2.05) is 31.2 Å². The molecule has 2 heterocycles. The Bertz CT molecular complexity index is 616. The molecule has 1 fully saturated rings. The van der Waals surface area contributed by atoms with Gasteiger partial charge in [0, 0.05) is 30.7 Å². The number of aromatic nitrogens is 2. The molecule has 1 aromatic carbocycles. The highest BCUT2D eigenvalue weighted by Gasteiger charge is 2.12. The number of nitrogens with one attached hydrogen (secondary N) is 1. The molecule has 3 rings (SSSR count). The average Bonchev–Trinajstić information content (AvgIpc) is 3.03. The van der Waals surface area contributed by atoms with Gasteiger partial charge in [0.2, 0.25) is 0 Å². The molecule has 108 valence electrons. The molecule has 1 aromatic heterocycles. The number of anilines is 2. The maximum absolute atomic E-state index is 12.0. The van der Waals surface area contributed by atoms with Crippen LogP contribution >= 0.6 is 0 Å². The van der Waals surface area contributed by atoms with Crippen molar-refractivity contribution in [3.63, 3.8) is 0 Å². The highest BCUT2D eigenvalue weighted by molar-refractivity contribution is 6.02. The van der Waals surface area contributed by atoms with Gasteiger partial charge in [-0.1, -0.05) is 0 Å². The van der Waals surface area contributed by atoms with Gasteiger partial charge in [-0.3, -0.25) is 9.78 Å². The van der Waals surface area contributed by atoms with E-state index in [1.54, 1.807) is 6.20 Å². The summed E-state index contributed by atoms with van der Waals surface area (Å²) in [6, 6.07) is 7.93. The molecule has 1 aliphatic heterocycles. The van der Waals surface area contributed by atoms with Crippen LogP contribution in [0.15, 0.2) is 36.7 Å². The zero-order valence-electron chi connectivity index (χ0n) is 12.0. The summed E-state index contributed by atoms with van der Waals surface area (Å²) in [4.78, 5) is 22.6. The van der Waals surface area contributed by atoms with Crippen molar-refractivity contribution in [2.45, 2.75) is 19.8 Å². The molecule has 1 aliphatic rings. The van der Waals surface area contributed by atoms with E-state index in [0.717, 1.165) is 24.5 Å². The van der Waals surface area contributed by atoms with E-state index < -0.39 is 0 Å². The minimum Gasteiger partial charge on any atom is -0.372 e. The second kappa shape index (κ2) is 5.91. The summed E-state index contributed by atoms with van der Waals surface area (Å²) >= 11 is 0. The van der Waals surface area contributed by atoms with E-state index in [4.69, 9.17) is 0 Å². The molecule has 0 unspecified atom stereocenters. The van der Waals surface area contributed by atoms with Crippen molar-refractivity contribution in [3.05, 3.63) is 48.0 Å². The first-order valence-electron chi connectivity index (χ1n) is 7.17. The lowest BCUT2D eigenvalue weighted by Gasteiger charge is -2.17. The predicted molar refractivity (Wildman–Crippen MR) is 82.6 cm³/mol. The summed E-state index contributed by atoms with van der Waals surface area (Å²) in [6.07, 6.45) is 5.59. The smallest absolute Gasteiger partial charge is 0.275 e. The van der Waals surface area contributed by atoms with Crippen LogP contribution in [0.4, 0.5) is 11.4 Å². The Labute approximate surface area is 124 Å². The predicted octanol–water partition coefficient (Wildman–Crippen LogP) is 2.64. The molecular weight excluding hydrogens is 264 g/mol. The van der Waals surface area contributed by atoms with Gasteiger partial charge < -0.3 is 10.2 Å². The number of benzene rings is 1. The van der Waals surface area contributed by atoms with Crippen molar-refractivity contribution in [3.8, 4) is 0 Å². The van der Waals surface area contributed by atoms with Gasteiger partial charge in [0.15, 0.2) is 0 Å². The van der Waals surface area contributed by atoms with E-state index in [1.165, 1.54) is 24.7 Å². The average molecular weight is 282 g/mol. The summed E-state index contributed by atoms with van der Waals surface area (Å²) in [6.45, 7) is 4.07. The highest BCUT2D eigenvalue weighted by Crippen LogP contribution is 2.22. The third-order valence-electron chi connectivity index (χ3n) is 3.61. The summed E-state index contributed by atoms with van der Waals surface area (Å²) in [5.74, 6) is -0.239. The van der Waals surface area contributed by atoms with Crippen molar-refractivity contribution in [2.24, 2.45) is 0 Å². The Kier molecular flexibility index (Phi) is 3.81. The zero-order valence-corrected chi connectivity index (χ0v) is 12.0. The largest absolute Gasteiger partial charge is 0.372 e. The zero-order chi connectivity index (χ0) is 14.7. The molecule has 0 spiro atoms. The first-order valence-corrected chi connectivity index (χ1v) is 7.17. The van der Waals surface area contributed by atoms with Gasteiger partial charge in [0.05, 0.1) is 11.9 Å². The first-order chi connectivity index (χ1) is 10.2. The Morgan fingerprint density at radius 1 is 1.10 bits per heavy atom. The SMILES string of the molecule is Cc1cnc(C(=O)Nc2ccc(N3CCCC3)cc2)cn1. The van der Waals surface area contributed by atoms with E-state index in [9.17, 15) is 4.79 Å². The highest BCUT2D eigenvalue weighted by atomic mass is 16.1. The number of nitrogens with zero attached hydrogens (tertiary/aromatic N) is 3. The van der Waals surface area contributed by atoms with Crippen molar-refractivity contribution < 1.29 is 4.79 Å². The second-order valence-corrected chi connectivity index (χ2v) is 5.24. The number of aryl methyl sites for hydroxylation is 1. The quantitative estimate of drug-likeness (QED) is 0.940. The van der Waals surface area contributed by atoms with Gasteiger partial charge in [-0.2, -0.15) is 0 Å². The van der Waals surface area contributed by atoms with Gasteiger partial charge in [-0.25, -0.2) is 4.98 Å². The van der Waals surface area contributed by atoms with Crippen molar-refractivity contribution in [1.82, 2.24) is 9.97 Å². The molecule has 5 heteroatoms. The third-order valence-corrected chi connectivity index (χ3v) is 3.61. The van der Waals surface area contributed by atoms with Crippen LogP contribution in [0.25, 0.3) is 0 Å². The van der Waals surface area contributed by atoms with Crippen LogP contribution in [0.5, 0.6) is 0 Å². The first kappa shape index (κ1) is 13.5. The number of hydrogen-bond donors (Lipinski definition) is 1. The second-order valence-electron chi connectivity index (χ2n) is 5.24. The Balaban J connectivity index is 1.67. The van der Waals surface area contributed by atoms with Crippen LogP contribution in [0, 0.1) is 6.92 Å². The fourth-order valence-electron chi connectivity index (χ4n) is 2.44. The molecule has 0 aliphatic carbocycles. The molecule has 0 saturated carbocycles. The van der Waals surface area contributed by atoms with E-state index in [2.05, 4.69) is 20.2 Å². The number of hydrogen-bond acceptors (Lipinski definition) is 4. The Morgan fingerprint density at radius 2 is 1.81 bits per heavy atom. The van der Waals surface area contributed by atoms with E-state index >= 15 is 0 Å². The minimum atomic E-state index is -0.239. The molecule has 0 atom stereocenters. The third kappa shape index (κ3) is 3.18. The van der Waals surface area contributed by atoms with Gasteiger partial charge in [-0.05, 0) is 44.0 Å². The van der Waals surface area contributed by atoms with Crippen molar-refractivity contribution in [1.29, 1.82) is 0 Å². The van der Waals surface area contributed by atoms with Gasteiger partial charge in [0.1, 0.15) is 5.69 Å². The summed E-state index contributed by atoms with van der Waals surface area (Å²) in [5.41, 5.74) is 3.09. The monoisotopic (exact) mass is 282 g/mol. The molecule has 2 aromatic rings.